The number of hydrogen-bond acceptors (Lipinski definition) is 5. The van der Waals surface area contributed by atoms with Crippen LogP contribution in [0.4, 0.5) is 0 Å². The van der Waals surface area contributed by atoms with E-state index in [-0.39, 0.29) is 24.8 Å². The summed E-state index contributed by atoms with van der Waals surface area (Å²) >= 11 is 5.79. The van der Waals surface area contributed by atoms with Gasteiger partial charge in [0.15, 0.2) is 11.5 Å². The number of halogens is 3. The number of hydrogen-bond donors (Lipinski definition) is 1. The van der Waals surface area contributed by atoms with Gasteiger partial charge in [0.05, 0.1) is 13.2 Å². The van der Waals surface area contributed by atoms with Crippen LogP contribution in [-0.4, -0.2) is 31.9 Å². The smallest absolute Gasteiger partial charge is 0.161 e. The Morgan fingerprint density at radius 1 is 1.04 bits per heavy atom. The van der Waals surface area contributed by atoms with Gasteiger partial charge in [0.2, 0.25) is 0 Å². The van der Waals surface area contributed by atoms with Crippen LogP contribution in [0, 0.1) is 0 Å². The first-order valence-electron chi connectivity index (χ1n) is 7.91. The van der Waals surface area contributed by atoms with Crippen molar-refractivity contribution >= 4 is 36.4 Å². The standard InChI is InChI=1S/C18H23ClN2O3.2ClH/c1-3-23-17-10-14(11-20-8-9-22-2)4-6-16(17)24-13-15-5-7-18(19)21-12-15;;/h4-7,10,12,20H,3,8-9,11,13H2,1-2H3;2*1H. The third-order valence-electron chi connectivity index (χ3n) is 3.30. The lowest BCUT2D eigenvalue weighted by atomic mass is 10.2. The number of benzene rings is 1. The number of nitrogens with zero attached hydrogens (tertiary/aromatic N) is 1. The first kappa shape index (κ1) is 24.8. The summed E-state index contributed by atoms with van der Waals surface area (Å²) in [6, 6.07) is 9.60. The van der Waals surface area contributed by atoms with E-state index >= 15 is 0 Å². The molecule has 0 fully saturated rings. The van der Waals surface area contributed by atoms with Crippen molar-refractivity contribution < 1.29 is 14.2 Å². The molecule has 0 bridgehead atoms. The molecule has 0 radical (unpaired) electrons. The minimum atomic E-state index is 0. The molecule has 0 aliphatic heterocycles. The van der Waals surface area contributed by atoms with E-state index < -0.39 is 0 Å². The van der Waals surface area contributed by atoms with Crippen molar-refractivity contribution in [1.82, 2.24) is 10.3 Å². The lowest BCUT2D eigenvalue weighted by Gasteiger charge is -2.14. The van der Waals surface area contributed by atoms with Crippen molar-refractivity contribution in [2.24, 2.45) is 0 Å². The van der Waals surface area contributed by atoms with Crippen molar-refractivity contribution in [1.29, 1.82) is 0 Å². The van der Waals surface area contributed by atoms with E-state index in [1.54, 1.807) is 19.4 Å². The maximum Gasteiger partial charge on any atom is 0.161 e. The number of methoxy groups -OCH3 is 1. The normalized spacial score (nSPS) is 9.81. The highest BCUT2D eigenvalue weighted by molar-refractivity contribution is 6.29. The number of aromatic nitrogens is 1. The van der Waals surface area contributed by atoms with E-state index in [0.29, 0.717) is 30.7 Å². The summed E-state index contributed by atoms with van der Waals surface area (Å²) in [5, 5.41) is 3.78. The lowest BCUT2D eigenvalue weighted by molar-refractivity contribution is 0.199. The molecule has 0 aliphatic rings. The Morgan fingerprint density at radius 2 is 1.81 bits per heavy atom. The van der Waals surface area contributed by atoms with Crippen LogP contribution < -0.4 is 14.8 Å². The number of pyridine rings is 1. The molecular weight excluding hydrogens is 399 g/mol. The van der Waals surface area contributed by atoms with Crippen LogP contribution in [-0.2, 0) is 17.9 Å². The van der Waals surface area contributed by atoms with Gasteiger partial charge >= 0.3 is 0 Å². The highest BCUT2D eigenvalue weighted by atomic mass is 35.5. The average molecular weight is 424 g/mol. The molecule has 1 heterocycles. The fourth-order valence-electron chi connectivity index (χ4n) is 2.11. The zero-order valence-electron chi connectivity index (χ0n) is 14.9. The Balaban J connectivity index is 0.00000312. The van der Waals surface area contributed by atoms with Gasteiger partial charge in [-0.1, -0.05) is 23.7 Å². The molecule has 146 valence electrons. The number of nitrogens with one attached hydrogen (secondary N) is 1. The summed E-state index contributed by atoms with van der Waals surface area (Å²) in [5.41, 5.74) is 2.09. The molecule has 0 amide bonds. The quantitative estimate of drug-likeness (QED) is 0.456. The van der Waals surface area contributed by atoms with E-state index in [4.69, 9.17) is 25.8 Å². The van der Waals surface area contributed by atoms with Gasteiger partial charge in [-0.3, -0.25) is 0 Å². The molecule has 0 atom stereocenters. The predicted molar refractivity (Wildman–Crippen MR) is 109 cm³/mol. The van der Waals surface area contributed by atoms with E-state index in [9.17, 15) is 0 Å². The summed E-state index contributed by atoms with van der Waals surface area (Å²) in [5.74, 6) is 1.46. The SMILES string of the molecule is CCOc1cc(CNCCOC)ccc1OCc1ccc(Cl)nc1.Cl.Cl. The van der Waals surface area contributed by atoms with Crippen LogP contribution in [0.5, 0.6) is 11.5 Å². The molecular formula is C18H25Cl3N2O3. The zero-order valence-corrected chi connectivity index (χ0v) is 17.3. The van der Waals surface area contributed by atoms with Gasteiger partial charge in [-0.25, -0.2) is 4.98 Å². The molecule has 2 rings (SSSR count). The fraction of sp³-hybridized carbons (Fsp3) is 0.389. The van der Waals surface area contributed by atoms with Gasteiger partial charge in [-0.2, -0.15) is 0 Å². The second-order valence-electron chi connectivity index (χ2n) is 5.16. The van der Waals surface area contributed by atoms with Crippen molar-refractivity contribution in [2.75, 3.05) is 26.9 Å². The minimum Gasteiger partial charge on any atom is -0.490 e. The molecule has 0 spiro atoms. The molecule has 26 heavy (non-hydrogen) atoms. The highest BCUT2D eigenvalue weighted by Crippen LogP contribution is 2.29. The van der Waals surface area contributed by atoms with Crippen LogP contribution in [0.15, 0.2) is 36.5 Å². The molecule has 1 N–H and O–H groups in total. The Bertz CT molecular complexity index is 628. The van der Waals surface area contributed by atoms with Crippen LogP contribution in [0.2, 0.25) is 5.15 Å². The van der Waals surface area contributed by atoms with E-state index in [2.05, 4.69) is 10.3 Å². The summed E-state index contributed by atoms with van der Waals surface area (Å²) < 4.78 is 16.6. The average Bonchev–Trinajstić information content (AvgIpc) is 2.60. The van der Waals surface area contributed by atoms with Crippen molar-refractivity contribution in [3.05, 3.63) is 52.8 Å². The Kier molecular flexibility index (Phi) is 13.2. The maximum absolute atomic E-state index is 5.87. The molecule has 8 heteroatoms. The lowest BCUT2D eigenvalue weighted by Crippen LogP contribution is -2.18. The number of ether oxygens (including phenoxy) is 3. The second-order valence-corrected chi connectivity index (χ2v) is 5.55. The van der Waals surface area contributed by atoms with Crippen LogP contribution in [0.3, 0.4) is 0 Å². The van der Waals surface area contributed by atoms with E-state index in [1.807, 2.05) is 31.2 Å². The van der Waals surface area contributed by atoms with Crippen LogP contribution in [0.25, 0.3) is 0 Å². The zero-order chi connectivity index (χ0) is 17.2. The first-order chi connectivity index (χ1) is 11.7. The third-order valence-corrected chi connectivity index (χ3v) is 3.53. The van der Waals surface area contributed by atoms with Gasteiger partial charge in [-0.05, 0) is 30.7 Å². The van der Waals surface area contributed by atoms with Gasteiger partial charge in [0.25, 0.3) is 0 Å². The third kappa shape index (κ3) is 8.43. The maximum atomic E-state index is 5.87. The Morgan fingerprint density at radius 3 is 2.46 bits per heavy atom. The second kappa shape index (κ2) is 13.9. The Hall–Kier alpha value is -1.24. The van der Waals surface area contributed by atoms with Gasteiger partial charge in [0, 0.05) is 32.0 Å². The van der Waals surface area contributed by atoms with Gasteiger partial charge in [0.1, 0.15) is 11.8 Å². The predicted octanol–water partition coefficient (Wildman–Crippen LogP) is 4.29. The van der Waals surface area contributed by atoms with Crippen molar-refractivity contribution in [3.8, 4) is 11.5 Å². The van der Waals surface area contributed by atoms with Crippen molar-refractivity contribution in [2.45, 2.75) is 20.1 Å². The van der Waals surface area contributed by atoms with Crippen LogP contribution in [0.1, 0.15) is 18.1 Å². The molecule has 0 saturated carbocycles. The summed E-state index contributed by atoms with van der Waals surface area (Å²) in [4.78, 5) is 4.05. The first-order valence-corrected chi connectivity index (χ1v) is 8.29. The summed E-state index contributed by atoms with van der Waals surface area (Å²) in [6.07, 6.45) is 1.71. The highest BCUT2D eigenvalue weighted by Gasteiger charge is 2.07. The Labute approximate surface area is 172 Å². The van der Waals surface area contributed by atoms with Crippen LogP contribution >= 0.6 is 36.4 Å². The van der Waals surface area contributed by atoms with E-state index in [0.717, 1.165) is 30.0 Å². The van der Waals surface area contributed by atoms with Crippen molar-refractivity contribution in [3.63, 3.8) is 0 Å². The minimum absolute atomic E-state index is 0. The monoisotopic (exact) mass is 422 g/mol. The largest absolute Gasteiger partial charge is 0.490 e. The van der Waals surface area contributed by atoms with Gasteiger partial charge < -0.3 is 19.5 Å². The number of rotatable bonds is 10. The summed E-state index contributed by atoms with van der Waals surface area (Å²) in [7, 11) is 1.69. The molecule has 1 aromatic carbocycles. The fourth-order valence-corrected chi connectivity index (χ4v) is 2.22. The van der Waals surface area contributed by atoms with E-state index in [1.165, 1.54) is 0 Å². The molecule has 0 saturated heterocycles. The summed E-state index contributed by atoms with van der Waals surface area (Å²) in [6.45, 7) is 5.20. The molecule has 2 aromatic rings. The topological polar surface area (TPSA) is 52.6 Å². The molecule has 5 nitrogen and oxygen atoms in total. The molecule has 0 aliphatic carbocycles. The molecule has 0 unspecified atom stereocenters. The van der Waals surface area contributed by atoms with Gasteiger partial charge in [-0.15, -0.1) is 24.8 Å². The molecule has 1 aromatic heterocycles.